The third-order valence-corrected chi connectivity index (χ3v) is 4.63. The number of nitriles is 1. The van der Waals surface area contributed by atoms with Gasteiger partial charge in [-0.2, -0.15) is 10.4 Å². The fourth-order valence-corrected chi connectivity index (χ4v) is 2.95. The molecule has 0 spiro atoms. The average Bonchev–Trinajstić information content (AvgIpc) is 3.20. The lowest BCUT2D eigenvalue weighted by Gasteiger charge is -2.13. The molecule has 0 bridgehead atoms. The second-order valence-electron chi connectivity index (χ2n) is 6.53. The van der Waals surface area contributed by atoms with Crippen LogP contribution in [0.3, 0.4) is 0 Å². The van der Waals surface area contributed by atoms with Crippen LogP contribution in [0.1, 0.15) is 36.6 Å². The van der Waals surface area contributed by atoms with E-state index in [2.05, 4.69) is 34.6 Å². The smallest absolute Gasteiger partial charge is 0.262 e. The first kappa shape index (κ1) is 19.1. The molecule has 0 saturated carbocycles. The molecule has 5 heteroatoms. The number of rotatable bonds is 6. The first-order chi connectivity index (χ1) is 13.6. The summed E-state index contributed by atoms with van der Waals surface area (Å²) in [4.78, 5) is 12.6. The van der Waals surface area contributed by atoms with E-state index in [4.69, 9.17) is 0 Å². The highest BCUT2D eigenvalue weighted by Crippen LogP contribution is 2.24. The number of benzene rings is 2. The number of nitrogens with one attached hydrogen (secondary N) is 2. The zero-order valence-corrected chi connectivity index (χ0v) is 15.9. The van der Waals surface area contributed by atoms with E-state index < -0.39 is 5.91 Å². The molecule has 0 unspecified atom stereocenters. The highest BCUT2D eigenvalue weighted by atomic mass is 16.1. The number of carbonyl (C=O) groups is 1. The Bertz CT molecular complexity index is 1010. The van der Waals surface area contributed by atoms with Crippen LogP contribution in [0.15, 0.2) is 66.4 Å². The van der Waals surface area contributed by atoms with E-state index in [9.17, 15) is 10.1 Å². The van der Waals surface area contributed by atoms with Crippen LogP contribution in [-0.2, 0) is 11.2 Å². The van der Waals surface area contributed by atoms with Gasteiger partial charge in [0.15, 0.2) is 0 Å². The molecule has 1 aromatic heterocycles. The summed E-state index contributed by atoms with van der Waals surface area (Å²) in [6.07, 6.45) is 4.16. The lowest BCUT2D eigenvalue weighted by atomic mass is 10.0. The Morgan fingerprint density at radius 1 is 1.21 bits per heavy atom. The van der Waals surface area contributed by atoms with Gasteiger partial charge in [0, 0.05) is 11.1 Å². The quantitative estimate of drug-likeness (QED) is 0.498. The van der Waals surface area contributed by atoms with Crippen LogP contribution in [0.4, 0.5) is 0 Å². The van der Waals surface area contributed by atoms with Gasteiger partial charge in [-0.05, 0) is 30.5 Å². The minimum atomic E-state index is -0.410. The highest BCUT2D eigenvalue weighted by Gasteiger charge is 2.15. The number of hydrogen-bond donors (Lipinski definition) is 2. The van der Waals surface area contributed by atoms with Gasteiger partial charge >= 0.3 is 0 Å². The Morgan fingerprint density at radius 3 is 2.57 bits per heavy atom. The number of carbonyl (C=O) groups excluding carboxylic acids is 1. The van der Waals surface area contributed by atoms with Crippen molar-refractivity contribution >= 4 is 12.0 Å². The van der Waals surface area contributed by atoms with Gasteiger partial charge in [-0.15, -0.1) is 0 Å². The molecule has 2 N–H and O–H groups in total. The van der Waals surface area contributed by atoms with Crippen LogP contribution >= 0.6 is 0 Å². The van der Waals surface area contributed by atoms with Crippen LogP contribution in [0.5, 0.6) is 0 Å². The molecule has 3 aromatic rings. The molecular weight excluding hydrogens is 348 g/mol. The van der Waals surface area contributed by atoms with Gasteiger partial charge in [0.05, 0.1) is 17.9 Å². The van der Waals surface area contributed by atoms with E-state index in [1.165, 1.54) is 5.56 Å². The predicted octanol–water partition coefficient (Wildman–Crippen LogP) is 4.42. The summed E-state index contributed by atoms with van der Waals surface area (Å²) in [5.74, 6) is -0.410. The number of hydrogen-bond acceptors (Lipinski definition) is 3. The lowest BCUT2D eigenvalue weighted by Crippen LogP contribution is -2.27. The van der Waals surface area contributed by atoms with Crippen LogP contribution in [-0.4, -0.2) is 16.1 Å². The third kappa shape index (κ3) is 4.36. The Kier molecular flexibility index (Phi) is 6.03. The Hall–Kier alpha value is -3.65. The Balaban J connectivity index is 1.82. The number of aryl methyl sites for hydroxylation is 1. The van der Waals surface area contributed by atoms with Gasteiger partial charge in [-0.25, -0.2) is 0 Å². The maximum atomic E-state index is 12.6. The predicted molar refractivity (Wildman–Crippen MR) is 110 cm³/mol. The van der Waals surface area contributed by atoms with E-state index in [0.29, 0.717) is 5.56 Å². The zero-order chi connectivity index (χ0) is 19.9. The van der Waals surface area contributed by atoms with Gasteiger partial charge in [0.2, 0.25) is 0 Å². The van der Waals surface area contributed by atoms with Crippen molar-refractivity contribution in [2.24, 2.45) is 0 Å². The molecule has 28 heavy (non-hydrogen) atoms. The third-order valence-electron chi connectivity index (χ3n) is 4.63. The largest absolute Gasteiger partial charge is 0.345 e. The van der Waals surface area contributed by atoms with Crippen LogP contribution in [0.25, 0.3) is 17.3 Å². The number of nitrogens with zero attached hydrogens (tertiary/aromatic N) is 2. The molecular formula is C23H22N4O. The maximum absolute atomic E-state index is 12.6. The van der Waals surface area contributed by atoms with Crippen molar-refractivity contribution in [1.29, 1.82) is 5.26 Å². The second-order valence-corrected chi connectivity index (χ2v) is 6.53. The minimum Gasteiger partial charge on any atom is -0.345 e. The van der Waals surface area contributed by atoms with Crippen LogP contribution in [0, 0.1) is 11.3 Å². The van der Waals surface area contributed by atoms with Crippen LogP contribution < -0.4 is 5.32 Å². The van der Waals surface area contributed by atoms with Crippen molar-refractivity contribution in [3.8, 4) is 17.3 Å². The maximum Gasteiger partial charge on any atom is 0.262 e. The Labute approximate surface area is 164 Å². The van der Waals surface area contributed by atoms with E-state index >= 15 is 0 Å². The monoisotopic (exact) mass is 370 g/mol. The van der Waals surface area contributed by atoms with Crippen molar-refractivity contribution in [1.82, 2.24) is 15.5 Å². The summed E-state index contributed by atoms with van der Waals surface area (Å²) in [5, 5.41) is 19.4. The van der Waals surface area contributed by atoms with Gasteiger partial charge in [0.1, 0.15) is 11.6 Å². The molecule has 1 heterocycles. The number of aromatic amines is 1. The van der Waals surface area contributed by atoms with Crippen molar-refractivity contribution in [2.75, 3.05) is 0 Å². The number of amides is 1. The Morgan fingerprint density at radius 2 is 1.93 bits per heavy atom. The van der Waals surface area contributed by atoms with Crippen molar-refractivity contribution < 1.29 is 4.79 Å². The summed E-state index contributed by atoms with van der Waals surface area (Å²) >= 11 is 0. The molecule has 5 nitrogen and oxygen atoms in total. The fourth-order valence-electron chi connectivity index (χ4n) is 2.95. The van der Waals surface area contributed by atoms with Gasteiger partial charge in [0.25, 0.3) is 5.91 Å². The standard InChI is InChI=1S/C23H22N4O/c1-3-17-9-11-19(12-10-17)22-21(15-25-27-22)13-20(14-24)23(28)26-16(2)18-7-5-4-6-8-18/h4-13,15-16H,3H2,1-2H3,(H,25,27)(H,26,28)/b20-13+/t16-/m0/s1. The molecule has 0 aliphatic carbocycles. The van der Waals surface area contributed by atoms with Gasteiger partial charge in [-0.1, -0.05) is 61.5 Å². The second kappa shape index (κ2) is 8.83. The first-order valence-corrected chi connectivity index (χ1v) is 9.22. The molecule has 140 valence electrons. The minimum absolute atomic E-state index is 0.0376. The topological polar surface area (TPSA) is 81.6 Å². The molecule has 1 amide bonds. The van der Waals surface area contributed by atoms with E-state index in [0.717, 1.165) is 23.2 Å². The van der Waals surface area contributed by atoms with Crippen LogP contribution in [0.2, 0.25) is 0 Å². The van der Waals surface area contributed by atoms with Crippen molar-refractivity contribution in [3.63, 3.8) is 0 Å². The lowest BCUT2D eigenvalue weighted by molar-refractivity contribution is -0.117. The summed E-state index contributed by atoms with van der Waals surface area (Å²) in [6.45, 7) is 3.99. The highest BCUT2D eigenvalue weighted by molar-refractivity contribution is 6.02. The van der Waals surface area contributed by atoms with E-state index in [-0.39, 0.29) is 11.6 Å². The molecule has 3 rings (SSSR count). The van der Waals surface area contributed by atoms with E-state index in [1.807, 2.05) is 55.5 Å². The molecule has 2 aromatic carbocycles. The molecule has 0 fully saturated rings. The molecule has 1 atom stereocenters. The average molecular weight is 370 g/mol. The number of aromatic nitrogens is 2. The molecule has 0 aliphatic heterocycles. The summed E-state index contributed by atoms with van der Waals surface area (Å²) < 4.78 is 0. The molecule has 0 radical (unpaired) electrons. The van der Waals surface area contributed by atoms with Crippen molar-refractivity contribution in [2.45, 2.75) is 26.3 Å². The van der Waals surface area contributed by atoms with Crippen molar-refractivity contribution in [3.05, 3.63) is 83.1 Å². The van der Waals surface area contributed by atoms with Gasteiger partial charge < -0.3 is 5.32 Å². The summed E-state index contributed by atoms with van der Waals surface area (Å²) in [6, 6.07) is 19.6. The van der Waals surface area contributed by atoms with Gasteiger partial charge in [-0.3, -0.25) is 9.89 Å². The van der Waals surface area contributed by atoms with E-state index in [1.54, 1.807) is 12.3 Å². The first-order valence-electron chi connectivity index (χ1n) is 9.22. The molecule has 0 aliphatic rings. The zero-order valence-electron chi connectivity index (χ0n) is 15.9. The molecule has 0 saturated heterocycles. The summed E-state index contributed by atoms with van der Waals surface area (Å²) in [7, 11) is 0. The summed E-state index contributed by atoms with van der Waals surface area (Å²) in [5.41, 5.74) is 4.69. The normalized spacial score (nSPS) is 12.2. The fraction of sp³-hybridized carbons (Fsp3) is 0.174. The SMILES string of the molecule is CCc1ccc(-c2[nH]ncc2/C=C(\C#N)C(=O)N[C@@H](C)c2ccccc2)cc1. The number of H-pyrrole nitrogens is 1.